The fourth-order valence-corrected chi connectivity index (χ4v) is 5.13. The number of anilines is 1. The van der Waals surface area contributed by atoms with Gasteiger partial charge in [-0.05, 0) is 79.1 Å². The zero-order valence-corrected chi connectivity index (χ0v) is 20.5. The summed E-state index contributed by atoms with van der Waals surface area (Å²) in [5.41, 5.74) is 2.22. The van der Waals surface area contributed by atoms with Gasteiger partial charge in [-0.3, -0.25) is 9.59 Å². The average molecular weight is 507 g/mol. The molecule has 5 rings (SSSR count). The van der Waals surface area contributed by atoms with Crippen LogP contribution in [0.25, 0.3) is 0 Å². The summed E-state index contributed by atoms with van der Waals surface area (Å²) < 4.78 is 32.5. The Hall–Kier alpha value is -3.94. The van der Waals surface area contributed by atoms with E-state index in [2.05, 4.69) is 5.32 Å². The number of amides is 2. The van der Waals surface area contributed by atoms with Crippen molar-refractivity contribution in [2.24, 2.45) is 0 Å². The Bertz CT molecular complexity index is 1310. The van der Waals surface area contributed by atoms with Crippen molar-refractivity contribution >= 4 is 17.5 Å². The molecule has 2 N–H and O–H groups in total. The lowest BCUT2D eigenvalue weighted by Crippen LogP contribution is -2.38. The predicted molar refractivity (Wildman–Crippen MR) is 135 cm³/mol. The largest absolute Gasteiger partial charge is 0.508 e. The molecule has 1 aliphatic heterocycles. The average Bonchev–Trinajstić information content (AvgIpc) is 3.73. The van der Waals surface area contributed by atoms with Crippen molar-refractivity contribution in [2.45, 2.75) is 37.0 Å². The number of hydrogen-bond acceptors (Lipinski definition) is 4. The van der Waals surface area contributed by atoms with Gasteiger partial charge in [0.2, 0.25) is 11.7 Å². The van der Waals surface area contributed by atoms with E-state index in [0.717, 1.165) is 48.6 Å². The summed E-state index contributed by atoms with van der Waals surface area (Å²) in [6.07, 6.45) is 3.01. The quantitative estimate of drug-likeness (QED) is 0.471. The minimum absolute atomic E-state index is 0.0145. The van der Waals surface area contributed by atoms with Crippen LogP contribution in [0.4, 0.5) is 14.5 Å². The number of benzene rings is 3. The highest BCUT2D eigenvalue weighted by atomic mass is 19.2. The lowest BCUT2D eigenvalue weighted by molar-refractivity contribution is -0.118. The van der Waals surface area contributed by atoms with Gasteiger partial charge in [0.1, 0.15) is 5.75 Å². The van der Waals surface area contributed by atoms with E-state index in [0.29, 0.717) is 13.1 Å². The normalized spacial score (nSPS) is 16.8. The Labute approximate surface area is 213 Å². The van der Waals surface area contributed by atoms with E-state index in [9.17, 15) is 23.5 Å². The molecule has 1 saturated heterocycles. The molecule has 0 aromatic heterocycles. The van der Waals surface area contributed by atoms with Gasteiger partial charge in [0.15, 0.2) is 11.6 Å². The number of likely N-dealkylation sites (tertiary alicyclic amines) is 1. The van der Waals surface area contributed by atoms with E-state index < -0.39 is 17.0 Å². The molecule has 6 nitrogen and oxygen atoms in total. The third-order valence-corrected chi connectivity index (χ3v) is 7.51. The van der Waals surface area contributed by atoms with Gasteiger partial charge < -0.3 is 20.1 Å². The molecule has 1 saturated carbocycles. The van der Waals surface area contributed by atoms with Crippen LogP contribution < -0.4 is 10.1 Å². The van der Waals surface area contributed by atoms with Crippen LogP contribution in [0.1, 0.15) is 53.1 Å². The Morgan fingerprint density at radius 2 is 1.62 bits per heavy atom. The van der Waals surface area contributed by atoms with Crippen LogP contribution in [0.15, 0.2) is 60.7 Å². The monoisotopic (exact) mass is 506 g/mol. The van der Waals surface area contributed by atoms with E-state index in [1.165, 1.54) is 13.2 Å². The third kappa shape index (κ3) is 4.75. The van der Waals surface area contributed by atoms with Crippen molar-refractivity contribution in [3.05, 3.63) is 89.0 Å². The summed E-state index contributed by atoms with van der Waals surface area (Å²) >= 11 is 0. The van der Waals surface area contributed by atoms with Crippen molar-refractivity contribution in [1.82, 2.24) is 4.90 Å². The second kappa shape index (κ2) is 9.84. The molecule has 3 aromatic rings. The van der Waals surface area contributed by atoms with Crippen molar-refractivity contribution in [2.75, 3.05) is 25.5 Å². The molecule has 2 amide bonds. The van der Waals surface area contributed by atoms with E-state index in [1.807, 2.05) is 24.3 Å². The minimum Gasteiger partial charge on any atom is -0.508 e. The number of hydrogen-bond donors (Lipinski definition) is 2. The first-order valence-electron chi connectivity index (χ1n) is 12.3. The fraction of sp³-hybridized carbons (Fsp3) is 0.310. The molecule has 37 heavy (non-hydrogen) atoms. The fourth-order valence-electron chi connectivity index (χ4n) is 5.13. The first kappa shape index (κ1) is 24.7. The van der Waals surface area contributed by atoms with Crippen molar-refractivity contribution in [1.29, 1.82) is 0 Å². The number of carbonyl (C=O) groups is 2. The summed E-state index contributed by atoms with van der Waals surface area (Å²) in [7, 11) is 1.21. The molecule has 3 aromatic carbocycles. The van der Waals surface area contributed by atoms with E-state index >= 15 is 0 Å². The molecule has 0 atom stereocenters. The van der Waals surface area contributed by atoms with Gasteiger partial charge in [0.25, 0.3) is 5.91 Å². The van der Waals surface area contributed by atoms with Crippen LogP contribution in [-0.4, -0.2) is 42.0 Å². The molecular weight excluding hydrogens is 478 g/mol. The molecule has 8 heteroatoms. The molecule has 0 radical (unpaired) electrons. The van der Waals surface area contributed by atoms with Crippen LogP contribution in [-0.2, 0) is 10.2 Å². The highest BCUT2D eigenvalue weighted by Gasteiger charge is 2.51. The number of ether oxygens (including phenoxy) is 1. The number of phenols is 1. The van der Waals surface area contributed by atoms with Gasteiger partial charge in [-0.2, -0.15) is 4.39 Å². The molecule has 192 valence electrons. The molecule has 0 bridgehead atoms. The number of methoxy groups -OCH3 is 1. The minimum atomic E-state index is -1.16. The maximum atomic E-state index is 14.0. The maximum absolute atomic E-state index is 14.0. The highest BCUT2D eigenvalue weighted by molar-refractivity contribution is 6.01. The summed E-state index contributed by atoms with van der Waals surface area (Å²) in [6.45, 7) is 0.971. The van der Waals surface area contributed by atoms with Gasteiger partial charge in [-0.15, -0.1) is 0 Å². The number of carbonyl (C=O) groups excluding carboxylic acids is 2. The third-order valence-electron chi connectivity index (χ3n) is 7.51. The summed E-state index contributed by atoms with van der Waals surface area (Å²) in [5.74, 6) is -2.60. The van der Waals surface area contributed by atoms with Crippen LogP contribution >= 0.6 is 0 Å². The second-order valence-electron chi connectivity index (χ2n) is 9.71. The maximum Gasteiger partial charge on any atom is 0.257 e. The zero-order valence-electron chi connectivity index (χ0n) is 20.5. The van der Waals surface area contributed by atoms with Crippen LogP contribution in [0.5, 0.6) is 11.5 Å². The first-order valence-corrected chi connectivity index (χ1v) is 12.3. The van der Waals surface area contributed by atoms with Gasteiger partial charge in [0.05, 0.1) is 18.1 Å². The Morgan fingerprint density at radius 3 is 2.22 bits per heavy atom. The van der Waals surface area contributed by atoms with Crippen LogP contribution in [0, 0.1) is 11.6 Å². The molecule has 1 aliphatic carbocycles. The predicted octanol–water partition coefficient (Wildman–Crippen LogP) is 5.37. The smallest absolute Gasteiger partial charge is 0.257 e. The molecule has 0 spiro atoms. The second-order valence-corrected chi connectivity index (χ2v) is 9.71. The number of nitrogens with one attached hydrogen (secondary N) is 1. The van der Waals surface area contributed by atoms with Crippen molar-refractivity contribution < 1.29 is 28.2 Å². The number of halogens is 2. The number of piperidine rings is 1. The van der Waals surface area contributed by atoms with E-state index in [-0.39, 0.29) is 34.8 Å². The molecule has 0 unspecified atom stereocenters. The number of phenolic OH excluding ortho intramolecular Hbond substituents is 1. The Kier molecular flexibility index (Phi) is 6.58. The SMILES string of the molecule is COc1c(C(=O)N2CCC(c3ccc(NC(=O)C4(c5ccc(O)cc5)CC4)cc3)CC2)ccc(F)c1F. The summed E-state index contributed by atoms with van der Waals surface area (Å²) in [4.78, 5) is 27.6. The Balaban J connectivity index is 1.19. The van der Waals surface area contributed by atoms with Crippen molar-refractivity contribution in [3.63, 3.8) is 0 Å². The topological polar surface area (TPSA) is 78.9 Å². The Morgan fingerprint density at radius 1 is 0.973 bits per heavy atom. The lowest BCUT2D eigenvalue weighted by atomic mass is 9.89. The molecule has 2 fully saturated rings. The van der Waals surface area contributed by atoms with Crippen LogP contribution in [0.3, 0.4) is 0 Å². The summed E-state index contributed by atoms with van der Waals surface area (Å²) in [6, 6.07) is 16.8. The van der Waals surface area contributed by atoms with Gasteiger partial charge in [-0.1, -0.05) is 24.3 Å². The zero-order chi connectivity index (χ0) is 26.2. The number of aromatic hydroxyl groups is 1. The number of nitrogens with zero attached hydrogens (tertiary/aromatic N) is 1. The standard InChI is InChI=1S/C29H28F2N2O4/c1-37-26-23(10-11-24(30)25(26)31)27(35)33-16-12-19(13-17-33)18-2-6-21(7-3-18)32-28(36)29(14-15-29)20-4-8-22(34)9-5-20/h2-11,19,34H,12-17H2,1H3,(H,32,36). The van der Waals surface area contributed by atoms with Gasteiger partial charge in [0, 0.05) is 18.8 Å². The molecule has 2 aliphatic rings. The van der Waals surface area contributed by atoms with E-state index in [1.54, 1.807) is 29.2 Å². The molecular formula is C29H28F2N2O4. The molecule has 1 heterocycles. The first-order chi connectivity index (χ1) is 17.8. The lowest BCUT2D eigenvalue weighted by Gasteiger charge is -2.32. The summed E-state index contributed by atoms with van der Waals surface area (Å²) in [5, 5.41) is 12.6. The van der Waals surface area contributed by atoms with E-state index in [4.69, 9.17) is 4.74 Å². The van der Waals surface area contributed by atoms with Gasteiger partial charge in [-0.25, -0.2) is 4.39 Å². The van der Waals surface area contributed by atoms with Crippen molar-refractivity contribution in [3.8, 4) is 11.5 Å². The van der Waals surface area contributed by atoms with Gasteiger partial charge >= 0.3 is 0 Å². The highest BCUT2D eigenvalue weighted by Crippen LogP contribution is 2.49. The van der Waals surface area contributed by atoms with Crippen LogP contribution in [0.2, 0.25) is 0 Å². The number of rotatable bonds is 6.